The Morgan fingerprint density at radius 3 is 3.00 bits per heavy atom. The van der Waals surface area contributed by atoms with E-state index in [9.17, 15) is 4.79 Å². The average Bonchev–Trinajstić information content (AvgIpc) is 3.17. The molecule has 5 heteroatoms. The van der Waals surface area contributed by atoms with E-state index in [0.717, 1.165) is 12.2 Å². The number of pyridine rings is 1. The van der Waals surface area contributed by atoms with E-state index in [-0.39, 0.29) is 5.91 Å². The number of aromatic nitrogens is 1. The summed E-state index contributed by atoms with van der Waals surface area (Å²) in [5, 5.41) is 2.98. The topological polar surface area (TPSA) is 68.0 Å². The van der Waals surface area contributed by atoms with Gasteiger partial charge < -0.3 is 11.1 Å². The first-order valence-corrected chi connectivity index (χ1v) is 6.90. The quantitative estimate of drug-likeness (QED) is 0.824. The molecule has 3 N–H and O–H groups in total. The van der Waals surface area contributed by atoms with Crippen LogP contribution in [0.3, 0.4) is 0 Å². The van der Waals surface area contributed by atoms with Gasteiger partial charge >= 0.3 is 0 Å². The van der Waals surface area contributed by atoms with Crippen LogP contribution in [0.1, 0.15) is 28.9 Å². The van der Waals surface area contributed by atoms with Gasteiger partial charge in [0.25, 0.3) is 5.91 Å². The van der Waals surface area contributed by atoms with Crippen LogP contribution in [0, 0.1) is 0 Å². The first kappa shape index (κ1) is 12.4. The Morgan fingerprint density at radius 1 is 1.65 bits per heavy atom. The van der Waals surface area contributed by atoms with Crippen LogP contribution in [0.25, 0.3) is 0 Å². The zero-order valence-corrected chi connectivity index (χ0v) is 10.7. The van der Waals surface area contributed by atoms with Crippen molar-refractivity contribution in [3.63, 3.8) is 0 Å². The molecule has 0 bridgehead atoms. The third-order valence-electron chi connectivity index (χ3n) is 3.10. The summed E-state index contributed by atoms with van der Waals surface area (Å²) < 4.78 is 0.291. The highest BCUT2D eigenvalue weighted by atomic mass is 32.2. The van der Waals surface area contributed by atoms with Crippen molar-refractivity contribution in [2.24, 2.45) is 5.73 Å². The molecule has 2 rings (SSSR count). The summed E-state index contributed by atoms with van der Waals surface area (Å²) >= 11 is 1.84. The molecule has 1 aromatic heterocycles. The molecule has 0 saturated heterocycles. The van der Waals surface area contributed by atoms with Gasteiger partial charge in [-0.05, 0) is 31.2 Å². The number of rotatable bonds is 5. The smallest absolute Gasteiger partial charge is 0.251 e. The monoisotopic (exact) mass is 251 g/mol. The number of carbonyl (C=O) groups excluding carboxylic acids is 1. The van der Waals surface area contributed by atoms with Crippen molar-refractivity contribution in [1.29, 1.82) is 0 Å². The van der Waals surface area contributed by atoms with Crippen molar-refractivity contribution in [1.82, 2.24) is 10.3 Å². The van der Waals surface area contributed by atoms with Gasteiger partial charge in [0.05, 0.1) is 5.69 Å². The fourth-order valence-corrected chi connectivity index (χ4v) is 2.39. The van der Waals surface area contributed by atoms with Gasteiger partial charge in [0, 0.05) is 29.6 Å². The van der Waals surface area contributed by atoms with Crippen LogP contribution in [0.5, 0.6) is 0 Å². The van der Waals surface area contributed by atoms with E-state index in [4.69, 9.17) is 5.73 Å². The lowest BCUT2D eigenvalue weighted by Crippen LogP contribution is -2.31. The highest BCUT2D eigenvalue weighted by Gasteiger charge is 2.41. The molecule has 0 radical (unpaired) electrons. The van der Waals surface area contributed by atoms with Gasteiger partial charge in [-0.15, -0.1) is 0 Å². The summed E-state index contributed by atoms with van der Waals surface area (Å²) in [7, 11) is 0. The zero-order valence-electron chi connectivity index (χ0n) is 9.90. The summed E-state index contributed by atoms with van der Waals surface area (Å²) in [6.45, 7) is 1.10. The molecule has 1 aromatic rings. The lowest BCUT2D eigenvalue weighted by Gasteiger charge is -2.13. The fraction of sp³-hybridized carbons (Fsp3) is 0.500. The Bertz CT molecular complexity index is 418. The molecular weight excluding hydrogens is 234 g/mol. The van der Waals surface area contributed by atoms with Crippen LogP contribution >= 0.6 is 11.8 Å². The second kappa shape index (κ2) is 5.06. The molecule has 0 unspecified atom stereocenters. The molecule has 17 heavy (non-hydrogen) atoms. The minimum atomic E-state index is -0.0394. The Balaban J connectivity index is 1.95. The molecule has 1 heterocycles. The van der Waals surface area contributed by atoms with Crippen molar-refractivity contribution in [2.45, 2.75) is 24.1 Å². The van der Waals surface area contributed by atoms with E-state index in [1.807, 2.05) is 11.8 Å². The molecule has 4 nitrogen and oxygen atoms in total. The maximum atomic E-state index is 11.9. The van der Waals surface area contributed by atoms with Crippen molar-refractivity contribution in [3.05, 3.63) is 29.6 Å². The van der Waals surface area contributed by atoms with E-state index >= 15 is 0 Å². The van der Waals surface area contributed by atoms with E-state index < -0.39 is 0 Å². The first-order valence-electron chi connectivity index (χ1n) is 5.67. The van der Waals surface area contributed by atoms with Crippen molar-refractivity contribution in [2.75, 3.05) is 12.8 Å². The second-order valence-electron chi connectivity index (χ2n) is 4.31. The molecule has 0 aliphatic heterocycles. The van der Waals surface area contributed by atoms with E-state index in [0.29, 0.717) is 16.9 Å². The van der Waals surface area contributed by atoms with Crippen LogP contribution < -0.4 is 11.1 Å². The Hall–Kier alpha value is -1.07. The maximum absolute atomic E-state index is 11.9. The summed E-state index contributed by atoms with van der Waals surface area (Å²) in [5.74, 6) is -0.0394. The van der Waals surface area contributed by atoms with Crippen molar-refractivity contribution < 1.29 is 4.79 Å². The number of amides is 1. The number of nitrogens with zero attached hydrogens (tertiary/aromatic N) is 1. The van der Waals surface area contributed by atoms with Gasteiger partial charge in [0.15, 0.2) is 0 Å². The van der Waals surface area contributed by atoms with Crippen LogP contribution in [0.15, 0.2) is 18.3 Å². The van der Waals surface area contributed by atoms with Gasteiger partial charge in [-0.1, -0.05) is 0 Å². The van der Waals surface area contributed by atoms with Crippen molar-refractivity contribution in [3.8, 4) is 0 Å². The number of carbonyl (C=O) groups is 1. The van der Waals surface area contributed by atoms with Crippen LogP contribution in [0.2, 0.25) is 0 Å². The molecule has 1 aliphatic carbocycles. The Morgan fingerprint density at radius 2 is 2.41 bits per heavy atom. The molecule has 1 saturated carbocycles. The molecular formula is C12H17N3OS. The number of hydrogen-bond acceptors (Lipinski definition) is 4. The standard InChI is InChI=1S/C12H17N3OS/c1-17-12(3-4-12)8-15-11(16)9-2-5-14-10(6-9)7-13/h2,5-6H,3-4,7-8,13H2,1H3,(H,15,16). The zero-order chi connectivity index (χ0) is 12.3. The lowest BCUT2D eigenvalue weighted by molar-refractivity contribution is 0.0953. The van der Waals surface area contributed by atoms with Gasteiger partial charge in [-0.2, -0.15) is 11.8 Å². The predicted octanol–water partition coefficient (Wildman–Crippen LogP) is 1.17. The first-order chi connectivity index (χ1) is 8.19. The molecule has 1 aliphatic rings. The summed E-state index contributed by atoms with van der Waals surface area (Å²) in [6.07, 6.45) is 6.11. The second-order valence-corrected chi connectivity index (χ2v) is 5.58. The van der Waals surface area contributed by atoms with E-state index in [1.54, 1.807) is 18.3 Å². The third-order valence-corrected chi connectivity index (χ3v) is 4.52. The number of nitrogens with one attached hydrogen (secondary N) is 1. The summed E-state index contributed by atoms with van der Waals surface area (Å²) in [6, 6.07) is 3.46. The van der Waals surface area contributed by atoms with E-state index in [1.165, 1.54) is 12.8 Å². The van der Waals surface area contributed by atoms with Crippen LogP contribution in [-0.4, -0.2) is 28.4 Å². The minimum absolute atomic E-state index is 0.0394. The Kier molecular flexibility index (Phi) is 3.69. The molecule has 92 valence electrons. The highest BCUT2D eigenvalue weighted by molar-refractivity contribution is 8.00. The number of hydrogen-bond donors (Lipinski definition) is 2. The van der Waals surface area contributed by atoms with Gasteiger partial charge in [-0.3, -0.25) is 9.78 Å². The number of thioether (sulfide) groups is 1. The molecule has 1 amide bonds. The van der Waals surface area contributed by atoms with Gasteiger partial charge in [-0.25, -0.2) is 0 Å². The van der Waals surface area contributed by atoms with E-state index in [2.05, 4.69) is 16.6 Å². The SMILES string of the molecule is CSC1(CNC(=O)c2ccnc(CN)c2)CC1. The van der Waals surface area contributed by atoms with Crippen LogP contribution in [-0.2, 0) is 6.54 Å². The molecule has 0 atom stereocenters. The van der Waals surface area contributed by atoms with Crippen molar-refractivity contribution >= 4 is 17.7 Å². The van der Waals surface area contributed by atoms with Crippen LogP contribution in [0.4, 0.5) is 0 Å². The Labute approximate surface area is 105 Å². The third kappa shape index (κ3) is 2.98. The fourth-order valence-electron chi connectivity index (χ4n) is 1.67. The number of nitrogens with two attached hydrogens (primary N) is 1. The molecule has 0 aromatic carbocycles. The maximum Gasteiger partial charge on any atom is 0.251 e. The van der Waals surface area contributed by atoms with Gasteiger partial charge in [0.2, 0.25) is 0 Å². The highest BCUT2D eigenvalue weighted by Crippen LogP contribution is 2.46. The average molecular weight is 251 g/mol. The largest absolute Gasteiger partial charge is 0.351 e. The normalized spacial score (nSPS) is 16.6. The predicted molar refractivity (Wildman–Crippen MR) is 69.9 cm³/mol. The lowest BCUT2D eigenvalue weighted by atomic mass is 10.2. The molecule has 1 fully saturated rings. The molecule has 0 spiro atoms. The summed E-state index contributed by atoms with van der Waals surface area (Å²) in [4.78, 5) is 16.0. The van der Waals surface area contributed by atoms with Gasteiger partial charge in [0.1, 0.15) is 0 Å². The summed E-state index contributed by atoms with van der Waals surface area (Å²) in [5.41, 5.74) is 6.87. The minimum Gasteiger partial charge on any atom is -0.351 e.